The molecule has 3 aromatic carbocycles. The molecule has 0 fully saturated rings. The molecule has 0 atom stereocenters. The molecule has 144 valence electrons. The van der Waals surface area contributed by atoms with Crippen LogP contribution in [0.1, 0.15) is 10.4 Å². The van der Waals surface area contributed by atoms with Crippen molar-refractivity contribution in [2.45, 2.75) is 20.9 Å². The number of hydrogen-bond acceptors (Lipinski definition) is 3. The van der Waals surface area contributed by atoms with Crippen molar-refractivity contribution >= 4 is 23.2 Å². The number of alkyl halides is 3. The van der Waals surface area contributed by atoms with Gasteiger partial charge in [-0.15, -0.1) is 0 Å². The largest absolute Gasteiger partial charge is 0.542 e. The lowest BCUT2D eigenvalue weighted by Crippen LogP contribution is -2.37. The minimum absolute atomic E-state index is 0.141. The monoisotopic (exact) mass is 404 g/mol. The van der Waals surface area contributed by atoms with Crippen LogP contribution in [0.4, 0.5) is 13.2 Å². The highest BCUT2D eigenvalue weighted by Crippen LogP contribution is 2.30. The van der Waals surface area contributed by atoms with Gasteiger partial charge < -0.3 is 9.90 Å². The number of carbonyl (C=O) groups is 2. The number of carboxylic acids is 1. The topological polar surface area (TPSA) is 57.2 Å². The fraction of sp³-hybridized carbons (Fsp3) is 0.0476. The first-order chi connectivity index (χ1) is 13.3. The summed E-state index contributed by atoms with van der Waals surface area (Å²) >= 11 is 0. The number of carbonyl (C=O) groups excluding carboxylic acids is 2. The van der Waals surface area contributed by atoms with Crippen molar-refractivity contribution in [3.63, 3.8) is 0 Å². The summed E-state index contributed by atoms with van der Waals surface area (Å²) < 4.78 is 31.5. The summed E-state index contributed by atoms with van der Waals surface area (Å²) in [6.07, 6.45) is -4.31. The van der Waals surface area contributed by atoms with E-state index in [2.05, 4.69) is 48.5 Å². The molecule has 0 N–H and O–H groups in total. The highest BCUT2D eigenvalue weighted by molar-refractivity contribution is 7.97. The summed E-state index contributed by atoms with van der Waals surface area (Å²) in [5.41, 5.74) is 0.712. The molecule has 0 bridgehead atoms. The van der Waals surface area contributed by atoms with Gasteiger partial charge in [-0.05, 0) is 48.5 Å². The Hall–Kier alpha value is -3.06. The van der Waals surface area contributed by atoms with E-state index in [0.29, 0.717) is 5.56 Å². The van der Waals surface area contributed by atoms with Crippen LogP contribution in [0.15, 0.2) is 99.6 Å². The quantitative estimate of drug-likeness (QED) is 0.490. The van der Waals surface area contributed by atoms with Gasteiger partial charge in [0.1, 0.15) is 12.3 Å². The van der Waals surface area contributed by atoms with Crippen molar-refractivity contribution in [2.75, 3.05) is 0 Å². The van der Waals surface area contributed by atoms with E-state index in [0.717, 1.165) is 6.29 Å². The van der Waals surface area contributed by atoms with Crippen LogP contribution in [-0.4, -0.2) is 18.4 Å². The molecule has 0 aliphatic heterocycles. The second kappa shape index (κ2) is 9.75. The third-order valence-electron chi connectivity index (χ3n) is 3.44. The van der Waals surface area contributed by atoms with E-state index in [9.17, 15) is 18.0 Å². The van der Waals surface area contributed by atoms with Crippen LogP contribution in [0.5, 0.6) is 0 Å². The lowest BCUT2D eigenvalue weighted by molar-refractivity contribution is -0.344. The fourth-order valence-corrected chi connectivity index (χ4v) is 4.29. The maximum absolute atomic E-state index is 10.8. The summed E-state index contributed by atoms with van der Waals surface area (Å²) in [5, 5.41) is 8.78. The summed E-state index contributed by atoms with van der Waals surface area (Å²) in [5.74, 6) is -3.01. The molecule has 0 unspecified atom stereocenters. The van der Waals surface area contributed by atoms with Crippen molar-refractivity contribution in [3.8, 4) is 0 Å². The van der Waals surface area contributed by atoms with Crippen LogP contribution in [0, 0.1) is 0 Å². The summed E-state index contributed by atoms with van der Waals surface area (Å²) in [6, 6.07) is 28.8. The van der Waals surface area contributed by atoms with Gasteiger partial charge in [-0.3, -0.25) is 4.79 Å². The van der Waals surface area contributed by atoms with Crippen LogP contribution in [0.25, 0.3) is 0 Å². The van der Waals surface area contributed by atoms with E-state index in [1.165, 1.54) is 14.7 Å². The Morgan fingerprint density at radius 3 is 1.43 bits per heavy atom. The van der Waals surface area contributed by atoms with Crippen LogP contribution >= 0.6 is 0 Å². The lowest BCUT2D eigenvalue weighted by atomic mass is 10.2. The fourth-order valence-electron chi connectivity index (χ4n) is 2.20. The van der Waals surface area contributed by atoms with Gasteiger partial charge in [0, 0.05) is 5.56 Å². The highest BCUT2D eigenvalue weighted by Gasteiger charge is 2.29. The van der Waals surface area contributed by atoms with E-state index in [4.69, 9.17) is 9.90 Å². The molecule has 28 heavy (non-hydrogen) atoms. The van der Waals surface area contributed by atoms with Crippen LogP contribution < -0.4 is 5.11 Å². The van der Waals surface area contributed by atoms with Crippen molar-refractivity contribution in [1.29, 1.82) is 0 Å². The molecule has 0 spiro atoms. The third kappa shape index (κ3) is 5.99. The molecule has 0 aliphatic carbocycles. The smallest absolute Gasteiger partial charge is 0.430 e. The van der Waals surface area contributed by atoms with Crippen LogP contribution in [-0.2, 0) is 15.7 Å². The van der Waals surface area contributed by atoms with E-state index >= 15 is 0 Å². The van der Waals surface area contributed by atoms with Crippen molar-refractivity contribution in [3.05, 3.63) is 90.5 Å². The molecule has 0 radical (unpaired) electrons. The Labute approximate surface area is 162 Å². The minimum atomic E-state index is -5.19. The van der Waals surface area contributed by atoms with Gasteiger partial charge in [0.25, 0.3) is 0 Å². The molecular formula is C21H15F3O3S. The Morgan fingerprint density at radius 1 is 0.750 bits per heavy atom. The number of carboxylic acid groups (broad SMARTS) is 1. The van der Waals surface area contributed by atoms with Gasteiger partial charge in [-0.25, -0.2) is 0 Å². The SMILES string of the molecule is O=C([O-])C(F)(F)F.O=Cc1ccc([S+](c2ccccc2)c2ccccc2)cc1. The third-order valence-corrected chi connectivity index (χ3v) is 5.67. The average Bonchev–Trinajstić information content (AvgIpc) is 2.70. The van der Waals surface area contributed by atoms with Gasteiger partial charge in [0.05, 0.1) is 10.9 Å². The van der Waals surface area contributed by atoms with Gasteiger partial charge in [0.15, 0.2) is 14.7 Å². The number of aliphatic carboxylic acids is 1. The molecular weight excluding hydrogens is 389 g/mol. The van der Waals surface area contributed by atoms with Crippen LogP contribution in [0.2, 0.25) is 0 Å². The standard InChI is InChI=1S/C19H15OS.C2HF3O2/c20-15-16-11-13-19(14-12-16)21(17-7-3-1-4-8-17)18-9-5-2-6-10-18;3-2(4,5)1(6)7/h1-15H;(H,6,7)/q+1;/p-1. The van der Waals surface area contributed by atoms with E-state index < -0.39 is 12.1 Å². The lowest BCUT2D eigenvalue weighted by Gasteiger charge is -2.07. The first kappa shape index (κ1) is 21.2. The molecule has 0 aliphatic rings. The zero-order valence-corrected chi connectivity index (χ0v) is 15.2. The summed E-state index contributed by atoms with van der Waals surface area (Å²) in [6.45, 7) is 0. The van der Waals surface area contributed by atoms with E-state index in [1.807, 2.05) is 36.4 Å². The first-order valence-corrected chi connectivity index (χ1v) is 9.23. The van der Waals surface area contributed by atoms with Crippen molar-refractivity contribution in [1.82, 2.24) is 0 Å². The highest BCUT2D eigenvalue weighted by atomic mass is 32.2. The minimum Gasteiger partial charge on any atom is -0.542 e. The number of benzene rings is 3. The molecule has 0 amide bonds. The first-order valence-electron chi connectivity index (χ1n) is 8.00. The van der Waals surface area contributed by atoms with Crippen LogP contribution in [0.3, 0.4) is 0 Å². The van der Waals surface area contributed by atoms with Crippen molar-refractivity contribution < 1.29 is 27.9 Å². The van der Waals surface area contributed by atoms with E-state index in [-0.39, 0.29) is 10.9 Å². The average molecular weight is 404 g/mol. The second-order valence-electron chi connectivity index (χ2n) is 5.40. The Bertz CT molecular complexity index is 856. The van der Waals surface area contributed by atoms with Gasteiger partial charge in [0.2, 0.25) is 0 Å². The normalized spacial score (nSPS) is 10.7. The maximum atomic E-state index is 10.8. The van der Waals surface area contributed by atoms with Gasteiger partial charge >= 0.3 is 6.18 Å². The molecule has 0 saturated carbocycles. The predicted octanol–water partition coefficient (Wildman–Crippen LogP) is 3.89. The number of rotatable bonds is 4. The molecule has 3 aromatic rings. The van der Waals surface area contributed by atoms with Gasteiger partial charge in [-0.2, -0.15) is 13.2 Å². The zero-order valence-electron chi connectivity index (χ0n) is 14.4. The Kier molecular flexibility index (Phi) is 7.40. The predicted molar refractivity (Wildman–Crippen MR) is 97.9 cm³/mol. The Balaban J connectivity index is 0.000000345. The Morgan fingerprint density at radius 2 is 1.11 bits per heavy atom. The zero-order chi connectivity index (χ0) is 20.6. The molecule has 7 heteroatoms. The summed E-state index contributed by atoms with van der Waals surface area (Å²) in [4.78, 5) is 23.4. The molecule has 3 nitrogen and oxygen atoms in total. The summed E-state index contributed by atoms with van der Waals surface area (Å²) in [7, 11) is -0.141. The second-order valence-corrected chi connectivity index (χ2v) is 7.43. The van der Waals surface area contributed by atoms with Crippen molar-refractivity contribution in [2.24, 2.45) is 0 Å². The van der Waals surface area contributed by atoms with Gasteiger partial charge in [-0.1, -0.05) is 36.4 Å². The molecule has 0 aromatic heterocycles. The van der Waals surface area contributed by atoms with E-state index in [1.54, 1.807) is 0 Å². The number of aldehydes is 1. The number of hydrogen-bond donors (Lipinski definition) is 0. The molecule has 0 heterocycles. The number of halogens is 3. The molecule has 3 rings (SSSR count). The maximum Gasteiger partial charge on any atom is 0.430 e. The molecule has 0 saturated heterocycles.